The first-order valence-corrected chi connectivity index (χ1v) is 6.13. The van der Waals surface area contributed by atoms with Crippen LogP contribution in [0.25, 0.3) is 0 Å². The summed E-state index contributed by atoms with van der Waals surface area (Å²) in [5.74, 6) is -0.985. The molecule has 1 aliphatic carbocycles. The van der Waals surface area contributed by atoms with Gasteiger partial charge in [-0.3, -0.25) is 0 Å². The van der Waals surface area contributed by atoms with Gasteiger partial charge in [-0.05, 0) is 25.0 Å². The van der Waals surface area contributed by atoms with Crippen LogP contribution in [0.2, 0.25) is 0 Å². The number of nitrogens with one attached hydrogen (secondary N) is 1. The summed E-state index contributed by atoms with van der Waals surface area (Å²) in [6, 6.07) is 6.01. The maximum Gasteiger partial charge on any atom is 0.406 e. The van der Waals surface area contributed by atoms with Gasteiger partial charge in [-0.25, -0.2) is 4.79 Å². The topological polar surface area (TPSA) is 58.6 Å². The van der Waals surface area contributed by atoms with E-state index in [1.54, 1.807) is 12.1 Å². The van der Waals surface area contributed by atoms with Gasteiger partial charge in [0.25, 0.3) is 0 Å². The molecule has 0 amide bonds. The van der Waals surface area contributed by atoms with Crippen molar-refractivity contribution in [3.05, 3.63) is 29.8 Å². The number of ether oxygens (including phenoxy) is 1. The van der Waals surface area contributed by atoms with E-state index in [0.717, 1.165) is 0 Å². The number of rotatable bonds is 6. The number of aromatic carboxylic acids is 1. The third-order valence-corrected chi connectivity index (χ3v) is 3.23. The van der Waals surface area contributed by atoms with Crippen molar-refractivity contribution in [3.8, 4) is 5.75 Å². The van der Waals surface area contributed by atoms with Crippen LogP contribution in [0.3, 0.4) is 0 Å². The Hall–Kier alpha value is -1.76. The van der Waals surface area contributed by atoms with E-state index in [1.165, 1.54) is 12.1 Å². The molecule has 0 aromatic heterocycles. The van der Waals surface area contributed by atoms with Crippen LogP contribution in [0.1, 0.15) is 23.2 Å². The number of carboxylic acids is 1. The van der Waals surface area contributed by atoms with Crippen LogP contribution in [0.15, 0.2) is 24.3 Å². The van der Waals surface area contributed by atoms with E-state index in [4.69, 9.17) is 9.84 Å². The van der Waals surface area contributed by atoms with Gasteiger partial charge in [-0.1, -0.05) is 12.1 Å². The van der Waals surface area contributed by atoms with Crippen molar-refractivity contribution in [3.63, 3.8) is 0 Å². The Morgan fingerprint density at radius 1 is 1.35 bits per heavy atom. The Kier molecular flexibility index (Phi) is 3.89. The number of benzene rings is 1. The van der Waals surface area contributed by atoms with Crippen molar-refractivity contribution in [1.29, 1.82) is 0 Å². The van der Waals surface area contributed by atoms with Gasteiger partial charge in [0, 0.05) is 6.54 Å². The molecule has 0 aliphatic heterocycles. The van der Waals surface area contributed by atoms with Gasteiger partial charge in [-0.15, -0.1) is 0 Å². The number of halogens is 3. The number of para-hydroxylation sites is 1. The monoisotopic (exact) mass is 289 g/mol. The zero-order chi connectivity index (χ0) is 14.8. The molecule has 2 N–H and O–H groups in total. The fraction of sp³-hybridized carbons (Fsp3) is 0.462. The molecule has 1 aromatic carbocycles. The van der Waals surface area contributed by atoms with E-state index >= 15 is 0 Å². The summed E-state index contributed by atoms with van der Waals surface area (Å²) in [6.07, 6.45) is -4.11. The minimum atomic E-state index is -4.26. The molecule has 0 bridgehead atoms. The normalized spacial score (nSPS) is 16.8. The van der Waals surface area contributed by atoms with E-state index in [-0.39, 0.29) is 37.3 Å². The fourth-order valence-corrected chi connectivity index (χ4v) is 1.91. The van der Waals surface area contributed by atoms with Crippen molar-refractivity contribution in [1.82, 2.24) is 5.32 Å². The summed E-state index contributed by atoms with van der Waals surface area (Å²) in [4.78, 5) is 10.9. The van der Waals surface area contributed by atoms with E-state index in [1.807, 2.05) is 0 Å². The first kappa shape index (κ1) is 14.6. The van der Waals surface area contributed by atoms with Crippen LogP contribution < -0.4 is 10.1 Å². The number of carbonyl (C=O) groups is 1. The van der Waals surface area contributed by atoms with Crippen molar-refractivity contribution in [2.24, 2.45) is 0 Å². The lowest BCUT2D eigenvalue weighted by Gasteiger charge is -2.20. The lowest BCUT2D eigenvalue weighted by atomic mass is 10.2. The van der Waals surface area contributed by atoms with Crippen molar-refractivity contribution < 1.29 is 27.8 Å². The predicted octanol–water partition coefficient (Wildman–Crippen LogP) is 2.45. The number of alkyl halides is 3. The van der Waals surface area contributed by atoms with Gasteiger partial charge in [0.2, 0.25) is 0 Å². The van der Waals surface area contributed by atoms with Crippen LogP contribution in [0.4, 0.5) is 13.2 Å². The third-order valence-electron chi connectivity index (χ3n) is 3.23. The van der Waals surface area contributed by atoms with Crippen LogP contribution >= 0.6 is 0 Å². The molecule has 0 heterocycles. The van der Waals surface area contributed by atoms with E-state index in [0.29, 0.717) is 0 Å². The molecule has 7 heteroatoms. The number of carboxylic acid groups (broad SMARTS) is 1. The standard InChI is InChI=1S/C13H14F3NO3/c14-13(15,16)12(5-6-12)17-7-8-20-10-4-2-1-3-9(10)11(18)19/h1-4,17H,5-8H2,(H,18,19). The summed E-state index contributed by atoms with van der Waals surface area (Å²) in [5.41, 5.74) is -1.78. The van der Waals surface area contributed by atoms with Gasteiger partial charge < -0.3 is 15.2 Å². The Morgan fingerprint density at radius 3 is 2.55 bits per heavy atom. The first-order valence-electron chi connectivity index (χ1n) is 6.13. The number of hydrogen-bond donors (Lipinski definition) is 2. The second-order valence-electron chi connectivity index (χ2n) is 4.66. The maximum atomic E-state index is 12.6. The summed E-state index contributed by atoms with van der Waals surface area (Å²) in [6.45, 7) is -0.0183. The predicted molar refractivity (Wildman–Crippen MR) is 64.9 cm³/mol. The fourth-order valence-electron chi connectivity index (χ4n) is 1.91. The first-order chi connectivity index (χ1) is 9.36. The highest BCUT2D eigenvalue weighted by atomic mass is 19.4. The molecule has 0 spiro atoms. The van der Waals surface area contributed by atoms with Gasteiger partial charge >= 0.3 is 12.1 Å². The summed E-state index contributed by atoms with van der Waals surface area (Å²) < 4.78 is 43.1. The largest absolute Gasteiger partial charge is 0.491 e. The third kappa shape index (κ3) is 3.04. The van der Waals surface area contributed by atoms with E-state index < -0.39 is 17.7 Å². The molecule has 0 atom stereocenters. The smallest absolute Gasteiger partial charge is 0.406 e. The quantitative estimate of drug-likeness (QED) is 0.790. The van der Waals surface area contributed by atoms with Crippen molar-refractivity contribution in [2.45, 2.75) is 24.6 Å². The highest BCUT2D eigenvalue weighted by Gasteiger charge is 2.62. The maximum absolute atomic E-state index is 12.6. The summed E-state index contributed by atoms with van der Waals surface area (Å²) in [7, 11) is 0. The molecule has 110 valence electrons. The summed E-state index contributed by atoms with van der Waals surface area (Å²) >= 11 is 0. The van der Waals surface area contributed by atoms with Gasteiger partial charge in [0.1, 0.15) is 23.5 Å². The van der Waals surface area contributed by atoms with Crippen LogP contribution in [0, 0.1) is 0 Å². The van der Waals surface area contributed by atoms with Gasteiger partial charge in [0.05, 0.1) is 0 Å². The molecule has 0 radical (unpaired) electrons. The Morgan fingerprint density at radius 2 is 2.00 bits per heavy atom. The molecule has 0 unspecified atom stereocenters. The molecule has 1 saturated carbocycles. The molecule has 1 fully saturated rings. The second-order valence-corrected chi connectivity index (χ2v) is 4.66. The van der Waals surface area contributed by atoms with Crippen LogP contribution in [0.5, 0.6) is 5.75 Å². The molecule has 1 aromatic rings. The molecule has 20 heavy (non-hydrogen) atoms. The molecule has 1 aliphatic rings. The minimum absolute atomic E-state index is 0.00740. The summed E-state index contributed by atoms with van der Waals surface area (Å²) in [5, 5.41) is 11.4. The average Bonchev–Trinajstić information content (AvgIpc) is 3.15. The molecule has 2 rings (SSSR count). The minimum Gasteiger partial charge on any atom is -0.491 e. The Labute approximate surface area is 113 Å². The van der Waals surface area contributed by atoms with Gasteiger partial charge in [0.15, 0.2) is 0 Å². The van der Waals surface area contributed by atoms with Crippen molar-refractivity contribution in [2.75, 3.05) is 13.2 Å². The zero-order valence-corrected chi connectivity index (χ0v) is 10.5. The second kappa shape index (κ2) is 5.32. The van der Waals surface area contributed by atoms with E-state index in [2.05, 4.69) is 5.32 Å². The molecular formula is C13H14F3NO3. The average molecular weight is 289 g/mol. The van der Waals surface area contributed by atoms with E-state index in [9.17, 15) is 18.0 Å². The molecular weight excluding hydrogens is 275 g/mol. The Bertz CT molecular complexity index is 498. The molecule has 0 saturated heterocycles. The van der Waals surface area contributed by atoms with Crippen LogP contribution in [-0.4, -0.2) is 35.9 Å². The SMILES string of the molecule is O=C(O)c1ccccc1OCCNC1(C(F)(F)F)CC1. The highest BCUT2D eigenvalue weighted by Crippen LogP contribution is 2.48. The van der Waals surface area contributed by atoms with Crippen LogP contribution in [-0.2, 0) is 0 Å². The molecule has 4 nitrogen and oxygen atoms in total. The lowest BCUT2D eigenvalue weighted by Crippen LogP contribution is -2.46. The Balaban J connectivity index is 1.84. The lowest BCUT2D eigenvalue weighted by molar-refractivity contribution is -0.165. The number of hydrogen-bond acceptors (Lipinski definition) is 3. The highest BCUT2D eigenvalue weighted by molar-refractivity contribution is 5.90. The zero-order valence-electron chi connectivity index (χ0n) is 10.5. The van der Waals surface area contributed by atoms with Gasteiger partial charge in [-0.2, -0.15) is 13.2 Å². The van der Waals surface area contributed by atoms with Crippen molar-refractivity contribution >= 4 is 5.97 Å².